The average molecular weight is 423 g/mol. The molecule has 1 atom stereocenters. The predicted octanol–water partition coefficient (Wildman–Crippen LogP) is 4.04. The Bertz CT molecular complexity index is 966. The van der Waals surface area contributed by atoms with E-state index in [1.165, 1.54) is 22.4 Å². The van der Waals surface area contributed by atoms with Crippen LogP contribution >= 0.6 is 0 Å². The average Bonchev–Trinajstić information content (AvgIpc) is 2.78. The molecule has 2 aliphatic rings. The highest BCUT2D eigenvalue weighted by Gasteiger charge is 2.30. The van der Waals surface area contributed by atoms with E-state index in [0.717, 1.165) is 19.3 Å². The van der Waals surface area contributed by atoms with Crippen LogP contribution in [0.4, 0.5) is 17.6 Å². The van der Waals surface area contributed by atoms with E-state index in [1.54, 1.807) is 0 Å². The van der Waals surface area contributed by atoms with Gasteiger partial charge in [0.15, 0.2) is 23.3 Å². The zero-order valence-corrected chi connectivity index (χ0v) is 16.2. The molecule has 160 valence electrons. The van der Waals surface area contributed by atoms with E-state index in [0.29, 0.717) is 11.8 Å². The van der Waals surface area contributed by atoms with E-state index in [2.05, 4.69) is 6.07 Å². The number of ether oxygens (including phenoxy) is 2. The second-order valence-electron chi connectivity index (χ2n) is 7.54. The van der Waals surface area contributed by atoms with Crippen molar-refractivity contribution in [2.75, 3.05) is 26.3 Å². The number of amides is 1. The van der Waals surface area contributed by atoms with Gasteiger partial charge >= 0.3 is 0 Å². The van der Waals surface area contributed by atoms with Gasteiger partial charge in [-0.2, -0.15) is 0 Å². The molecule has 0 bridgehead atoms. The van der Waals surface area contributed by atoms with Gasteiger partial charge in [-0.05, 0) is 55.0 Å². The van der Waals surface area contributed by atoms with Crippen LogP contribution < -0.4 is 4.74 Å². The van der Waals surface area contributed by atoms with Gasteiger partial charge in [0.1, 0.15) is 18.5 Å². The molecule has 1 aliphatic carbocycles. The SMILES string of the molecule is O=C(c1cc(F)c(F)c(F)c1F)N1CCO[C@@H](COc2ccc3c(c2)CCCC3)C1. The lowest BCUT2D eigenvalue weighted by Gasteiger charge is -2.33. The van der Waals surface area contributed by atoms with Crippen LogP contribution in [0.1, 0.15) is 34.3 Å². The summed E-state index contributed by atoms with van der Waals surface area (Å²) in [7, 11) is 0. The smallest absolute Gasteiger partial charge is 0.257 e. The van der Waals surface area contributed by atoms with Gasteiger partial charge in [-0.3, -0.25) is 4.79 Å². The maximum absolute atomic E-state index is 14.0. The molecule has 1 fully saturated rings. The van der Waals surface area contributed by atoms with Gasteiger partial charge in [0.25, 0.3) is 5.91 Å². The number of aryl methyl sites for hydroxylation is 2. The Kier molecular flexibility index (Phi) is 5.94. The molecule has 0 unspecified atom stereocenters. The highest BCUT2D eigenvalue weighted by atomic mass is 19.2. The van der Waals surface area contributed by atoms with Crippen LogP contribution in [-0.4, -0.2) is 43.2 Å². The highest BCUT2D eigenvalue weighted by Crippen LogP contribution is 2.26. The van der Waals surface area contributed by atoms with Crippen LogP contribution in [0.15, 0.2) is 24.3 Å². The monoisotopic (exact) mass is 423 g/mol. The first kappa shape index (κ1) is 20.7. The Labute approximate surface area is 171 Å². The summed E-state index contributed by atoms with van der Waals surface area (Å²) < 4.78 is 65.5. The molecule has 4 rings (SSSR count). The number of carbonyl (C=O) groups excluding carboxylic acids is 1. The number of nitrogens with zero attached hydrogens (tertiary/aromatic N) is 1. The van der Waals surface area contributed by atoms with Crippen molar-refractivity contribution in [3.8, 4) is 5.75 Å². The third-order valence-electron chi connectivity index (χ3n) is 5.51. The molecule has 2 aromatic carbocycles. The minimum absolute atomic E-state index is 0.0594. The van der Waals surface area contributed by atoms with Gasteiger partial charge in [0.05, 0.1) is 18.7 Å². The van der Waals surface area contributed by atoms with Gasteiger partial charge in [0.2, 0.25) is 0 Å². The lowest BCUT2D eigenvalue weighted by atomic mass is 9.92. The van der Waals surface area contributed by atoms with Crippen molar-refractivity contribution >= 4 is 5.91 Å². The predicted molar refractivity (Wildman–Crippen MR) is 100 cm³/mol. The fraction of sp³-hybridized carbons (Fsp3) is 0.409. The summed E-state index contributed by atoms with van der Waals surface area (Å²) in [5.74, 6) is -7.48. The molecule has 1 aliphatic heterocycles. The maximum Gasteiger partial charge on any atom is 0.257 e. The first-order valence-electron chi connectivity index (χ1n) is 9.92. The topological polar surface area (TPSA) is 38.8 Å². The van der Waals surface area contributed by atoms with E-state index in [1.807, 2.05) is 12.1 Å². The van der Waals surface area contributed by atoms with Crippen LogP contribution in [0.2, 0.25) is 0 Å². The van der Waals surface area contributed by atoms with E-state index in [-0.39, 0.29) is 26.3 Å². The summed E-state index contributed by atoms with van der Waals surface area (Å²) in [5, 5.41) is 0. The van der Waals surface area contributed by atoms with E-state index >= 15 is 0 Å². The summed E-state index contributed by atoms with van der Waals surface area (Å²) in [6.07, 6.45) is 3.94. The number of fused-ring (bicyclic) bond motifs is 1. The molecule has 2 aromatic rings. The molecule has 1 heterocycles. The van der Waals surface area contributed by atoms with Crippen molar-refractivity contribution in [2.24, 2.45) is 0 Å². The quantitative estimate of drug-likeness (QED) is 0.423. The van der Waals surface area contributed by atoms with Crippen molar-refractivity contribution in [2.45, 2.75) is 31.8 Å². The second kappa shape index (κ2) is 8.63. The maximum atomic E-state index is 14.0. The Balaban J connectivity index is 1.41. The number of carbonyl (C=O) groups is 1. The minimum atomic E-state index is -2.00. The number of benzene rings is 2. The van der Waals surface area contributed by atoms with Crippen LogP contribution in [0.5, 0.6) is 5.75 Å². The summed E-state index contributed by atoms with van der Waals surface area (Å²) in [6.45, 7) is 0.507. The van der Waals surface area contributed by atoms with E-state index in [9.17, 15) is 22.4 Å². The zero-order valence-electron chi connectivity index (χ0n) is 16.2. The van der Waals surface area contributed by atoms with Gasteiger partial charge in [-0.15, -0.1) is 0 Å². The number of hydrogen-bond donors (Lipinski definition) is 0. The van der Waals surface area contributed by atoms with Gasteiger partial charge in [-0.1, -0.05) is 6.07 Å². The van der Waals surface area contributed by atoms with Crippen molar-refractivity contribution < 1.29 is 31.8 Å². The van der Waals surface area contributed by atoms with Crippen molar-refractivity contribution in [1.82, 2.24) is 4.90 Å². The van der Waals surface area contributed by atoms with Gasteiger partial charge in [-0.25, -0.2) is 17.6 Å². The van der Waals surface area contributed by atoms with Crippen LogP contribution in [-0.2, 0) is 17.6 Å². The molecular formula is C22H21F4NO3. The van der Waals surface area contributed by atoms with Gasteiger partial charge in [0, 0.05) is 6.54 Å². The molecule has 0 radical (unpaired) electrons. The first-order chi connectivity index (χ1) is 14.4. The lowest BCUT2D eigenvalue weighted by molar-refractivity contribution is -0.0402. The fourth-order valence-electron chi connectivity index (χ4n) is 3.89. The third-order valence-corrected chi connectivity index (χ3v) is 5.51. The zero-order chi connectivity index (χ0) is 21.3. The summed E-state index contributed by atoms with van der Waals surface area (Å²) in [5.41, 5.74) is 1.76. The van der Waals surface area contributed by atoms with Crippen molar-refractivity contribution in [1.29, 1.82) is 0 Å². The molecule has 8 heteroatoms. The van der Waals surface area contributed by atoms with Crippen LogP contribution in [0.25, 0.3) is 0 Å². The van der Waals surface area contributed by atoms with Crippen molar-refractivity contribution in [3.05, 3.63) is 64.2 Å². The summed E-state index contributed by atoms with van der Waals surface area (Å²) in [4.78, 5) is 13.8. The lowest BCUT2D eigenvalue weighted by Crippen LogP contribution is -2.48. The number of rotatable bonds is 4. The number of hydrogen-bond acceptors (Lipinski definition) is 3. The molecule has 4 nitrogen and oxygen atoms in total. The van der Waals surface area contributed by atoms with E-state index in [4.69, 9.17) is 9.47 Å². The standard InChI is InChI=1S/C22H21F4NO3/c23-18-10-17(19(24)21(26)20(18)25)22(28)27-7-8-29-16(11-27)12-30-15-6-5-13-3-1-2-4-14(13)9-15/h5-6,9-10,16H,1-4,7-8,11-12H2/t16-/m1/s1. The van der Waals surface area contributed by atoms with Gasteiger partial charge < -0.3 is 14.4 Å². The minimum Gasteiger partial charge on any atom is -0.491 e. The third kappa shape index (κ3) is 4.14. The molecule has 0 spiro atoms. The second-order valence-corrected chi connectivity index (χ2v) is 7.54. The Morgan fingerprint density at radius 1 is 1.03 bits per heavy atom. The Morgan fingerprint density at radius 2 is 1.80 bits per heavy atom. The van der Waals surface area contributed by atoms with E-state index < -0.39 is 40.8 Å². The number of morpholine rings is 1. The molecule has 0 aromatic heterocycles. The summed E-state index contributed by atoms with van der Waals surface area (Å²) in [6, 6.07) is 6.35. The first-order valence-corrected chi connectivity index (χ1v) is 9.92. The molecule has 0 N–H and O–H groups in total. The largest absolute Gasteiger partial charge is 0.491 e. The van der Waals surface area contributed by atoms with Crippen LogP contribution in [0, 0.1) is 23.3 Å². The molecule has 1 saturated heterocycles. The summed E-state index contributed by atoms with van der Waals surface area (Å²) >= 11 is 0. The highest BCUT2D eigenvalue weighted by molar-refractivity contribution is 5.94. The molecule has 1 amide bonds. The normalized spacial score (nSPS) is 18.8. The fourth-order valence-corrected chi connectivity index (χ4v) is 3.89. The number of halogens is 4. The Hall–Kier alpha value is -2.61. The van der Waals surface area contributed by atoms with Crippen LogP contribution in [0.3, 0.4) is 0 Å². The Morgan fingerprint density at radius 3 is 2.60 bits per heavy atom. The molecule has 30 heavy (non-hydrogen) atoms. The molecular weight excluding hydrogens is 402 g/mol. The van der Waals surface area contributed by atoms with Crippen molar-refractivity contribution in [3.63, 3.8) is 0 Å². The molecule has 0 saturated carbocycles.